The van der Waals surface area contributed by atoms with Gasteiger partial charge in [-0.05, 0) is 26.8 Å². The highest BCUT2D eigenvalue weighted by Crippen LogP contribution is 2.19. The standard InChI is InChI=1S/C11H14N2O4/c1-11(2,3)17-10(16)7-6(12)4-5-13-8(7)9(14)15/h4-5H,1-3H3,(H2,12,13)(H,14,15). The maximum Gasteiger partial charge on any atom is 0.355 e. The predicted molar refractivity (Wildman–Crippen MR) is 60.8 cm³/mol. The zero-order valence-electron chi connectivity index (χ0n) is 9.85. The van der Waals surface area contributed by atoms with Crippen LogP contribution in [0.5, 0.6) is 0 Å². The minimum absolute atomic E-state index is 0.0339. The normalized spacial score (nSPS) is 11.0. The lowest BCUT2D eigenvalue weighted by Crippen LogP contribution is -2.26. The number of carboxylic acid groups (broad SMARTS) is 1. The Morgan fingerprint density at radius 2 is 2.00 bits per heavy atom. The molecule has 92 valence electrons. The molecule has 0 saturated carbocycles. The third kappa shape index (κ3) is 3.17. The summed E-state index contributed by atoms with van der Waals surface area (Å²) >= 11 is 0. The summed E-state index contributed by atoms with van der Waals surface area (Å²) in [6, 6.07) is 1.35. The van der Waals surface area contributed by atoms with Crippen LogP contribution < -0.4 is 5.73 Å². The van der Waals surface area contributed by atoms with Gasteiger partial charge in [-0.2, -0.15) is 0 Å². The van der Waals surface area contributed by atoms with Gasteiger partial charge in [0.05, 0.1) is 5.69 Å². The van der Waals surface area contributed by atoms with E-state index in [4.69, 9.17) is 15.6 Å². The van der Waals surface area contributed by atoms with Gasteiger partial charge in [-0.25, -0.2) is 14.6 Å². The van der Waals surface area contributed by atoms with E-state index in [2.05, 4.69) is 4.98 Å². The van der Waals surface area contributed by atoms with Crippen molar-refractivity contribution in [1.29, 1.82) is 0 Å². The van der Waals surface area contributed by atoms with Gasteiger partial charge in [0.2, 0.25) is 0 Å². The number of nitrogen functional groups attached to an aromatic ring is 1. The summed E-state index contributed by atoms with van der Waals surface area (Å²) in [5.41, 5.74) is 4.27. The molecule has 0 radical (unpaired) electrons. The minimum atomic E-state index is -1.32. The number of aromatic nitrogens is 1. The van der Waals surface area contributed by atoms with E-state index >= 15 is 0 Å². The van der Waals surface area contributed by atoms with E-state index in [1.807, 2.05) is 0 Å². The highest BCUT2D eigenvalue weighted by Gasteiger charge is 2.25. The fraction of sp³-hybridized carbons (Fsp3) is 0.364. The van der Waals surface area contributed by atoms with E-state index in [1.54, 1.807) is 20.8 Å². The predicted octanol–water partition coefficient (Wildman–Crippen LogP) is 1.32. The van der Waals surface area contributed by atoms with Gasteiger partial charge in [0, 0.05) is 6.20 Å². The number of nitrogens with zero attached hydrogens (tertiary/aromatic N) is 1. The Balaban J connectivity index is 3.21. The topological polar surface area (TPSA) is 103 Å². The third-order valence-electron chi connectivity index (χ3n) is 1.79. The van der Waals surface area contributed by atoms with Crippen LogP contribution in [0.2, 0.25) is 0 Å². The number of aromatic carboxylic acids is 1. The molecular weight excluding hydrogens is 224 g/mol. The van der Waals surface area contributed by atoms with Crippen LogP contribution in [-0.4, -0.2) is 27.6 Å². The van der Waals surface area contributed by atoms with Gasteiger partial charge in [-0.15, -0.1) is 0 Å². The van der Waals surface area contributed by atoms with Crippen molar-refractivity contribution in [3.63, 3.8) is 0 Å². The molecule has 0 fully saturated rings. The Bertz CT molecular complexity index is 463. The van der Waals surface area contributed by atoms with Crippen molar-refractivity contribution in [2.45, 2.75) is 26.4 Å². The molecule has 6 nitrogen and oxygen atoms in total. The van der Waals surface area contributed by atoms with Crippen LogP contribution in [0.25, 0.3) is 0 Å². The van der Waals surface area contributed by atoms with Crippen molar-refractivity contribution in [3.8, 4) is 0 Å². The highest BCUT2D eigenvalue weighted by atomic mass is 16.6. The zero-order chi connectivity index (χ0) is 13.2. The first kappa shape index (κ1) is 13.0. The molecule has 1 heterocycles. The lowest BCUT2D eigenvalue weighted by Gasteiger charge is -2.20. The SMILES string of the molecule is CC(C)(C)OC(=O)c1c(N)ccnc1C(=O)O. The molecule has 3 N–H and O–H groups in total. The van der Waals surface area contributed by atoms with Gasteiger partial charge < -0.3 is 15.6 Å². The number of carbonyl (C=O) groups is 2. The molecule has 0 unspecified atom stereocenters. The van der Waals surface area contributed by atoms with Crippen molar-refractivity contribution in [3.05, 3.63) is 23.5 Å². The molecule has 6 heteroatoms. The van der Waals surface area contributed by atoms with Gasteiger partial charge in [-0.3, -0.25) is 0 Å². The monoisotopic (exact) mass is 238 g/mol. The lowest BCUT2D eigenvalue weighted by molar-refractivity contribution is 0.00664. The number of nitrogens with two attached hydrogens (primary N) is 1. The van der Waals surface area contributed by atoms with Crippen molar-refractivity contribution >= 4 is 17.6 Å². The number of hydrogen-bond acceptors (Lipinski definition) is 5. The molecule has 0 aliphatic carbocycles. The Hall–Kier alpha value is -2.11. The molecular formula is C11H14N2O4. The Morgan fingerprint density at radius 3 is 2.47 bits per heavy atom. The van der Waals surface area contributed by atoms with Crippen molar-refractivity contribution < 1.29 is 19.4 Å². The molecule has 0 amide bonds. The number of carbonyl (C=O) groups excluding carboxylic acids is 1. The largest absolute Gasteiger partial charge is 0.476 e. The van der Waals surface area contributed by atoms with Crippen LogP contribution in [0.4, 0.5) is 5.69 Å². The number of hydrogen-bond donors (Lipinski definition) is 2. The Labute approximate surface area is 98.4 Å². The maximum atomic E-state index is 11.8. The number of pyridine rings is 1. The summed E-state index contributed by atoms with van der Waals surface area (Å²) in [4.78, 5) is 26.3. The molecule has 0 spiro atoms. The number of anilines is 1. The molecule has 0 aliphatic heterocycles. The van der Waals surface area contributed by atoms with Crippen molar-refractivity contribution in [1.82, 2.24) is 4.98 Å². The van der Waals surface area contributed by atoms with E-state index in [-0.39, 0.29) is 11.3 Å². The molecule has 0 bridgehead atoms. The third-order valence-corrected chi connectivity index (χ3v) is 1.79. The van der Waals surface area contributed by atoms with E-state index in [0.717, 1.165) is 0 Å². The fourth-order valence-corrected chi connectivity index (χ4v) is 1.18. The molecule has 0 aliphatic rings. The zero-order valence-corrected chi connectivity index (χ0v) is 9.85. The number of carboxylic acids is 1. The van der Waals surface area contributed by atoms with Crippen LogP contribution in [0.15, 0.2) is 12.3 Å². The first-order chi connectivity index (χ1) is 7.72. The first-order valence-corrected chi connectivity index (χ1v) is 4.93. The second-order valence-electron chi connectivity index (χ2n) is 4.43. The van der Waals surface area contributed by atoms with Crippen LogP contribution >= 0.6 is 0 Å². The molecule has 0 atom stereocenters. The van der Waals surface area contributed by atoms with Gasteiger partial charge in [-0.1, -0.05) is 0 Å². The molecule has 1 aromatic heterocycles. The molecule has 1 aromatic rings. The summed E-state index contributed by atoms with van der Waals surface area (Å²) in [5.74, 6) is -2.11. The van der Waals surface area contributed by atoms with E-state index in [0.29, 0.717) is 0 Å². The van der Waals surface area contributed by atoms with Crippen molar-refractivity contribution in [2.24, 2.45) is 0 Å². The summed E-state index contributed by atoms with van der Waals surface area (Å²) in [6.45, 7) is 5.04. The van der Waals surface area contributed by atoms with Crippen LogP contribution in [0.3, 0.4) is 0 Å². The fourth-order valence-electron chi connectivity index (χ4n) is 1.18. The Kier molecular flexibility index (Phi) is 3.36. The van der Waals surface area contributed by atoms with Crippen LogP contribution in [-0.2, 0) is 4.74 Å². The number of esters is 1. The minimum Gasteiger partial charge on any atom is -0.476 e. The molecule has 0 saturated heterocycles. The summed E-state index contributed by atoms with van der Waals surface area (Å²) in [5, 5.41) is 8.91. The van der Waals surface area contributed by atoms with Crippen molar-refractivity contribution in [2.75, 3.05) is 5.73 Å². The van der Waals surface area contributed by atoms with Gasteiger partial charge >= 0.3 is 11.9 Å². The number of ether oxygens (including phenoxy) is 1. The second kappa shape index (κ2) is 4.40. The average Bonchev–Trinajstić information content (AvgIpc) is 2.13. The average molecular weight is 238 g/mol. The van der Waals surface area contributed by atoms with Gasteiger partial charge in [0.1, 0.15) is 11.2 Å². The summed E-state index contributed by atoms with van der Waals surface area (Å²) in [6.07, 6.45) is 1.23. The molecule has 1 rings (SSSR count). The van der Waals surface area contributed by atoms with E-state index in [1.165, 1.54) is 12.3 Å². The first-order valence-electron chi connectivity index (χ1n) is 4.93. The van der Waals surface area contributed by atoms with E-state index in [9.17, 15) is 9.59 Å². The van der Waals surface area contributed by atoms with Gasteiger partial charge in [0.15, 0.2) is 5.69 Å². The van der Waals surface area contributed by atoms with E-state index < -0.39 is 23.2 Å². The maximum absolute atomic E-state index is 11.8. The summed E-state index contributed by atoms with van der Waals surface area (Å²) in [7, 11) is 0. The smallest absolute Gasteiger partial charge is 0.355 e. The van der Waals surface area contributed by atoms with Gasteiger partial charge in [0.25, 0.3) is 0 Å². The molecule has 0 aromatic carbocycles. The highest BCUT2D eigenvalue weighted by molar-refractivity contribution is 6.04. The number of rotatable bonds is 2. The quantitative estimate of drug-likeness (QED) is 0.753. The lowest BCUT2D eigenvalue weighted by atomic mass is 10.1. The van der Waals surface area contributed by atoms with Crippen LogP contribution in [0.1, 0.15) is 41.6 Å². The van der Waals surface area contributed by atoms with Crippen LogP contribution in [0, 0.1) is 0 Å². The summed E-state index contributed by atoms with van der Waals surface area (Å²) < 4.78 is 5.07. The Morgan fingerprint density at radius 1 is 1.41 bits per heavy atom. The molecule has 17 heavy (non-hydrogen) atoms. The second-order valence-corrected chi connectivity index (χ2v) is 4.43.